The average molecular weight is 582 g/mol. The maximum Gasteiger partial charge on any atom is 0.265 e. The normalized spacial score (nSPS) is 15.8. The van der Waals surface area contributed by atoms with Crippen LogP contribution < -0.4 is 10.0 Å². The molecule has 5 heterocycles. The number of aromatic nitrogens is 5. The lowest BCUT2D eigenvalue weighted by molar-refractivity contribution is -0.0298. The number of aryl methyl sites for hydroxylation is 2. The Balaban J connectivity index is 1.36. The van der Waals surface area contributed by atoms with Gasteiger partial charge in [0.05, 0.1) is 12.0 Å². The highest BCUT2D eigenvalue weighted by molar-refractivity contribution is 7.92. The molecule has 41 heavy (non-hydrogen) atoms. The molecule has 0 amide bonds. The molecule has 4 aromatic heterocycles. The minimum Gasteiger partial charge on any atom is -0.465 e. The Morgan fingerprint density at radius 1 is 1.07 bits per heavy atom. The van der Waals surface area contributed by atoms with E-state index in [9.17, 15) is 12.8 Å². The molecule has 1 aliphatic heterocycles. The van der Waals surface area contributed by atoms with E-state index in [-0.39, 0.29) is 22.7 Å². The van der Waals surface area contributed by atoms with Crippen LogP contribution in [0.1, 0.15) is 37.0 Å². The molecule has 2 N–H and O–H groups in total. The first-order valence-corrected chi connectivity index (χ1v) is 14.3. The number of nitrogens with one attached hydrogen (secondary N) is 2. The summed E-state index contributed by atoms with van der Waals surface area (Å²) < 4.78 is 71.7. The van der Waals surface area contributed by atoms with E-state index in [1.807, 2.05) is 4.57 Å². The van der Waals surface area contributed by atoms with Crippen LogP contribution in [-0.4, -0.2) is 39.5 Å². The number of halogens is 2. The molecule has 0 aliphatic carbocycles. The summed E-state index contributed by atoms with van der Waals surface area (Å²) in [5.41, 5.74) is 0.755. The number of imidazole rings is 1. The van der Waals surface area contributed by atoms with Crippen molar-refractivity contribution in [1.82, 2.24) is 24.5 Å². The average Bonchev–Trinajstić information content (AvgIpc) is 3.56. The number of fused-ring (bicyclic) bond motifs is 1. The number of hydrogen-bond acceptors (Lipinski definition) is 9. The zero-order chi connectivity index (χ0) is 28.7. The Kier molecular flexibility index (Phi) is 6.87. The second-order valence-corrected chi connectivity index (χ2v) is 11.2. The van der Waals surface area contributed by atoms with E-state index in [1.54, 1.807) is 25.4 Å². The van der Waals surface area contributed by atoms with E-state index in [2.05, 4.69) is 30.0 Å². The molecule has 1 aromatic carbocycles. The van der Waals surface area contributed by atoms with Crippen LogP contribution in [0.5, 0.6) is 0 Å². The maximum absolute atomic E-state index is 15.6. The summed E-state index contributed by atoms with van der Waals surface area (Å²) in [4.78, 5) is 17.5. The topological polar surface area (TPSA) is 137 Å². The van der Waals surface area contributed by atoms with Gasteiger partial charge in [0.1, 0.15) is 57.5 Å². The summed E-state index contributed by atoms with van der Waals surface area (Å²) in [5, 5.41) is 2.69. The molecule has 1 saturated heterocycles. The van der Waals surface area contributed by atoms with Gasteiger partial charge in [-0.25, -0.2) is 37.1 Å². The first kappa shape index (κ1) is 26.8. The van der Waals surface area contributed by atoms with Crippen LogP contribution in [0.15, 0.2) is 58.5 Å². The first-order valence-electron chi connectivity index (χ1n) is 12.8. The third-order valence-electron chi connectivity index (χ3n) is 6.75. The smallest absolute Gasteiger partial charge is 0.265 e. The van der Waals surface area contributed by atoms with Crippen LogP contribution in [0.4, 0.5) is 26.0 Å². The Labute approximate surface area is 233 Å². The quantitative estimate of drug-likeness (QED) is 0.251. The SMILES string of the molecule is Cc1cc(S(=O)(=O)Nc2ccc(F)c(Nc3ncccc3-c3ncnc4c3ncn4C3CCCCO3)c2F)c(C)o1. The van der Waals surface area contributed by atoms with Gasteiger partial charge in [0.15, 0.2) is 11.5 Å². The number of hydrogen-bond donors (Lipinski definition) is 2. The molecule has 14 heteroatoms. The van der Waals surface area contributed by atoms with Crippen molar-refractivity contribution in [2.45, 2.75) is 44.2 Å². The number of ether oxygens (including phenoxy) is 1. The molecule has 0 saturated carbocycles. The van der Waals surface area contributed by atoms with Gasteiger partial charge >= 0.3 is 0 Å². The van der Waals surface area contributed by atoms with Crippen molar-refractivity contribution in [1.29, 1.82) is 0 Å². The van der Waals surface area contributed by atoms with Gasteiger partial charge in [-0.05, 0) is 57.4 Å². The minimum absolute atomic E-state index is 0.0788. The molecule has 5 aromatic rings. The summed E-state index contributed by atoms with van der Waals surface area (Å²) in [5.74, 6) is -1.52. The van der Waals surface area contributed by atoms with Crippen LogP contribution in [0.25, 0.3) is 22.4 Å². The van der Waals surface area contributed by atoms with Crippen molar-refractivity contribution < 1.29 is 26.4 Å². The lowest BCUT2D eigenvalue weighted by Gasteiger charge is -2.23. The summed E-state index contributed by atoms with van der Waals surface area (Å²) in [7, 11) is -4.22. The molecule has 1 unspecified atom stereocenters. The number of rotatable bonds is 7. The fraction of sp³-hybridized carbons (Fsp3) is 0.259. The number of benzene rings is 1. The largest absolute Gasteiger partial charge is 0.465 e. The third-order valence-corrected chi connectivity index (χ3v) is 8.22. The molecule has 11 nitrogen and oxygen atoms in total. The number of nitrogens with zero attached hydrogens (tertiary/aromatic N) is 5. The van der Waals surface area contributed by atoms with Crippen LogP contribution in [0, 0.1) is 25.5 Å². The standard InChI is InChI=1S/C27H25F2N7O4S/c1-15-12-20(16(2)40-15)41(37,38)35-19-9-8-18(28)24(22(19)29)34-26-17(6-5-10-30-26)23-25-27(32-13-31-23)36(14-33-25)21-7-3-4-11-39-21/h5-6,8-10,12-14,21,35H,3-4,7,11H2,1-2H3,(H,30,34). The van der Waals surface area contributed by atoms with Gasteiger partial charge in [0.25, 0.3) is 10.0 Å². The van der Waals surface area contributed by atoms with Crippen molar-refractivity contribution in [2.24, 2.45) is 0 Å². The minimum atomic E-state index is -4.22. The fourth-order valence-electron chi connectivity index (χ4n) is 4.84. The van der Waals surface area contributed by atoms with E-state index in [0.717, 1.165) is 31.4 Å². The van der Waals surface area contributed by atoms with Crippen molar-refractivity contribution >= 4 is 38.4 Å². The van der Waals surface area contributed by atoms with E-state index in [4.69, 9.17) is 9.15 Å². The van der Waals surface area contributed by atoms with Crippen molar-refractivity contribution in [2.75, 3.05) is 16.6 Å². The van der Waals surface area contributed by atoms with Crippen molar-refractivity contribution in [3.63, 3.8) is 0 Å². The first-order chi connectivity index (χ1) is 19.7. The van der Waals surface area contributed by atoms with Gasteiger partial charge in [-0.15, -0.1) is 0 Å². The zero-order valence-corrected chi connectivity index (χ0v) is 22.9. The van der Waals surface area contributed by atoms with Gasteiger partial charge in [0, 0.05) is 24.4 Å². The molecule has 6 rings (SSSR count). The molecule has 212 valence electrons. The highest BCUT2D eigenvalue weighted by Gasteiger charge is 2.25. The van der Waals surface area contributed by atoms with Gasteiger partial charge < -0.3 is 14.5 Å². The molecule has 1 atom stereocenters. The second kappa shape index (κ2) is 10.5. The zero-order valence-electron chi connectivity index (χ0n) is 22.1. The molecule has 0 radical (unpaired) electrons. The van der Waals surface area contributed by atoms with Crippen molar-refractivity contribution in [3.05, 3.63) is 72.3 Å². The molecule has 0 spiro atoms. The Morgan fingerprint density at radius 3 is 2.68 bits per heavy atom. The third kappa shape index (κ3) is 5.00. The number of anilines is 3. The van der Waals surface area contributed by atoms with Crippen LogP contribution in [0.2, 0.25) is 0 Å². The predicted molar refractivity (Wildman–Crippen MR) is 146 cm³/mol. The lowest BCUT2D eigenvalue weighted by Crippen LogP contribution is -2.17. The summed E-state index contributed by atoms with van der Waals surface area (Å²) >= 11 is 0. The lowest BCUT2D eigenvalue weighted by atomic mass is 10.1. The van der Waals surface area contributed by atoms with E-state index in [0.29, 0.717) is 34.8 Å². The molecular formula is C27H25F2N7O4S. The van der Waals surface area contributed by atoms with Gasteiger partial charge in [-0.1, -0.05) is 0 Å². The number of sulfonamides is 1. The Morgan fingerprint density at radius 2 is 1.93 bits per heavy atom. The Bertz CT molecular complexity index is 1870. The van der Waals surface area contributed by atoms with Crippen LogP contribution in [0.3, 0.4) is 0 Å². The maximum atomic E-state index is 15.6. The molecule has 1 fully saturated rings. The fourth-order valence-corrected chi connectivity index (χ4v) is 6.14. The van der Waals surface area contributed by atoms with Gasteiger partial charge in [-0.2, -0.15) is 0 Å². The summed E-state index contributed by atoms with van der Waals surface area (Å²) in [6.45, 7) is 3.72. The molecule has 1 aliphatic rings. The predicted octanol–water partition coefficient (Wildman–Crippen LogP) is 5.62. The monoisotopic (exact) mass is 581 g/mol. The van der Waals surface area contributed by atoms with Gasteiger partial charge in [-0.3, -0.25) is 9.29 Å². The van der Waals surface area contributed by atoms with Crippen LogP contribution in [-0.2, 0) is 14.8 Å². The summed E-state index contributed by atoms with van der Waals surface area (Å²) in [6.07, 6.45) is 7.10. The number of furan rings is 1. The number of pyridine rings is 1. The Hall–Kier alpha value is -4.43. The van der Waals surface area contributed by atoms with Crippen molar-refractivity contribution in [3.8, 4) is 11.3 Å². The van der Waals surface area contributed by atoms with E-state index < -0.39 is 33.0 Å². The highest BCUT2D eigenvalue weighted by Crippen LogP contribution is 2.36. The summed E-state index contributed by atoms with van der Waals surface area (Å²) in [6, 6.07) is 6.61. The molecular weight excluding hydrogens is 556 g/mol. The molecule has 0 bridgehead atoms. The highest BCUT2D eigenvalue weighted by atomic mass is 32.2. The van der Waals surface area contributed by atoms with E-state index in [1.165, 1.54) is 25.5 Å². The second-order valence-electron chi connectivity index (χ2n) is 9.56. The van der Waals surface area contributed by atoms with Crippen LogP contribution >= 0.6 is 0 Å². The van der Waals surface area contributed by atoms with Gasteiger partial charge in [0.2, 0.25) is 0 Å². The van der Waals surface area contributed by atoms with E-state index >= 15 is 4.39 Å².